The van der Waals surface area contributed by atoms with Crippen LogP contribution < -0.4 is 4.90 Å². The zero-order chi connectivity index (χ0) is 17.2. The SMILES string of the molecule is CN(CCOCCO)c1ccc(N=Nc2ccc(C#N)cc2)cc1. The van der Waals surface area contributed by atoms with Gasteiger partial charge in [-0.2, -0.15) is 15.5 Å². The quantitative estimate of drug-likeness (QED) is 0.596. The number of aliphatic hydroxyl groups is 1. The normalized spacial score (nSPS) is 10.7. The molecule has 0 amide bonds. The molecule has 0 fully saturated rings. The number of azo groups is 1. The first-order valence-electron chi connectivity index (χ1n) is 7.64. The minimum atomic E-state index is 0.0443. The molecule has 0 aliphatic rings. The Labute approximate surface area is 141 Å². The summed E-state index contributed by atoms with van der Waals surface area (Å²) >= 11 is 0. The summed E-state index contributed by atoms with van der Waals surface area (Å²) in [5.74, 6) is 0. The Bertz CT molecular complexity index is 690. The third-order valence-corrected chi connectivity index (χ3v) is 3.37. The fourth-order valence-electron chi connectivity index (χ4n) is 1.99. The van der Waals surface area contributed by atoms with Gasteiger partial charge in [0, 0.05) is 19.3 Å². The first-order chi connectivity index (χ1) is 11.7. The lowest BCUT2D eigenvalue weighted by molar-refractivity contribution is 0.0971. The summed E-state index contributed by atoms with van der Waals surface area (Å²) in [6.07, 6.45) is 0. The van der Waals surface area contributed by atoms with Gasteiger partial charge in [0.1, 0.15) is 0 Å². The molecule has 1 N–H and O–H groups in total. The van der Waals surface area contributed by atoms with Crippen LogP contribution in [0.5, 0.6) is 0 Å². The van der Waals surface area contributed by atoms with E-state index in [4.69, 9.17) is 15.1 Å². The van der Waals surface area contributed by atoms with Crippen LogP contribution in [0.2, 0.25) is 0 Å². The number of nitriles is 1. The molecule has 0 aromatic heterocycles. The number of hydrogen-bond donors (Lipinski definition) is 1. The fraction of sp³-hybridized carbons (Fsp3) is 0.278. The summed E-state index contributed by atoms with van der Waals surface area (Å²) < 4.78 is 5.26. The maximum atomic E-state index is 8.76. The van der Waals surface area contributed by atoms with Gasteiger partial charge in [-0.25, -0.2) is 0 Å². The van der Waals surface area contributed by atoms with E-state index in [1.165, 1.54) is 0 Å². The Morgan fingerprint density at radius 3 is 2.12 bits per heavy atom. The minimum Gasteiger partial charge on any atom is -0.394 e. The lowest BCUT2D eigenvalue weighted by Gasteiger charge is -2.19. The molecule has 0 radical (unpaired) electrons. The second-order valence-corrected chi connectivity index (χ2v) is 5.13. The molecule has 0 bridgehead atoms. The molecule has 124 valence electrons. The van der Waals surface area contributed by atoms with E-state index >= 15 is 0 Å². The second-order valence-electron chi connectivity index (χ2n) is 5.13. The Kier molecular flexibility index (Phi) is 6.90. The maximum Gasteiger partial charge on any atom is 0.0991 e. The van der Waals surface area contributed by atoms with Crippen LogP contribution in [0, 0.1) is 11.3 Å². The maximum absolute atomic E-state index is 8.76. The first-order valence-corrected chi connectivity index (χ1v) is 7.64. The van der Waals surface area contributed by atoms with Crippen molar-refractivity contribution in [3.63, 3.8) is 0 Å². The number of benzene rings is 2. The Hall–Kier alpha value is -2.75. The molecule has 2 aromatic rings. The van der Waals surface area contributed by atoms with E-state index in [0.717, 1.165) is 17.9 Å². The van der Waals surface area contributed by atoms with Gasteiger partial charge in [-0.3, -0.25) is 0 Å². The summed E-state index contributed by atoms with van der Waals surface area (Å²) in [7, 11) is 1.98. The van der Waals surface area contributed by atoms with E-state index in [9.17, 15) is 0 Å². The van der Waals surface area contributed by atoms with E-state index in [1.54, 1.807) is 24.3 Å². The van der Waals surface area contributed by atoms with Crippen LogP contribution >= 0.6 is 0 Å². The Morgan fingerprint density at radius 2 is 1.58 bits per heavy atom. The van der Waals surface area contributed by atoms with Crippen LogP contribution in [0.3, 0.4) is 0 Å². The molecule has 6 heteroatoms. The molecule has 0 saturated heterocycles. The number of ether oxygens (including phenoxy) is 1. The molecular formula is C18H20N4O2. The molecular weight excluding hydrogens is 304 g/mol. The third-order valence-electron chi connectivity index (χ3n) is 3.37. The first kappa shape index (κ1) is 17.6. The molecule has 24 heavy (non-hydrogen) atoms. The number of nitrogens with zero attached hydrogens (tertiary/aromatic N) is 4. The molecule has 0 atom stereocenters. The highest BCUT2D eigenvalue weighted by Gasteiger charge is 2.01. The smallest absolute Gasteiger partial charge is 0.0991 e. The van der Waals surface area contributed by atoms with Gasteiger partial charge >= 0.3 is 0 Å². The zero-order valence-electron chi connectivity index (χ0n) is 13.6. The highest BCUT2D eigenvalue weighted by Crippen LogP contribution is 2.21. The topological polar surface area (TPSA) is 81.2 Å². The van der Waals surface area contributed by atoms with Crippen LogP contribution in [-0.4, -0.2) is 38.5 Å². The number of hydrogen-bond acceptors (Lipinski definition) is 6. The average molecular weight is 324 g/mol. The molecule has 6 nitrogen and oxygen atoms in total. The number of aliphatic hydroxyl groups excluding tert-OH is 1. The molecule has 0 heterocycles. The number of likely N-dealkylation sites (N-methyl/N-ethyl adjacent to an activating group) is 1. The van der Waals surface area contributed by atoms with Crippen molar-refractivity contribution in [2.45, 2.75) is 0 Å². The van der Waals surface area contributed by atoms with Crippen molar-refractivity contribution >= 4 is 17.1 Å². The van der Waals surface area contributed by atoms with E-state index in [-0.39, 0.29) is 6.61 Å². The van der Waals surface area contributed by atoms with E-state index in [2.05, 4.69) is 21.2 Å². The van der Waals surface area contributed by atoms with Gasteiger partial charge in [0.15, 0.2) is 0 Å². The predicted octanol–water partition coefficient (Wildman–Crippen LogP) is 3.42. The van der Waals surface area contributed by atoms with Crippen molar-refractivity contribution in [3.8, 4) is 6.07 Å². The zero-order valence-corrected chi connectivity index (χ0v) is 13.6. The lowest BCUT2D eigenvalue weighted by Crippen LogP contribution is -2.22. The van der Waals surface area contributed by atoms with Gasteiger partial charge in [0.05, 0.1) is 42.8 Å². The van der Waals surface area contributed by atoms with Gasteiger partial charge < -0.3 is 14.7 Å². The van der Waals surface area contributed by atoms with E-state index in [0.29, 0.717) is 24.5 Å². The summed E-state index contributed by atoms with van der Waals surface area (Å²) in [4.78, 5) is 2.07. The van der Waals surface area contributed by atoms with Crippen molar-refractivity contribution in [2.75, 3.05) is 38.3 Å². The second kappa shape index (κ2) is 9.40. The van der Waals surface area contributed by atoms with Crippen molar-refractivity contribution < 1.29 is 9.84 Å². The lowest BCUT2D eigenvalue weighted by atomic mass is 10.2. The average Bonchev–Trinajstić information content (AvgIpc) is 2.64. The monoisotopic (exact) mass is 324 g/mol. The largest absolute Gasteiger partial charge is 0.394 e. The summed E-state index contributed by atoms with van der Waals surface area (Å²) in [5, 5.41) is 25.8. The van der Waals surface area contributed by atoms with Gasteiger partial charge in [0.2, 0.25) is 0 Å². The van der Waals surface area contributed by atoms with Crippen LogP contribution in [0.1, 0.15) is 5.56 Å². The molecule has 0 aliphatic carbocycles. The third kappa shape index (κ3) is 5.47. The van der Waals surface area contributed by atoms with E-state index < -0.39 is 0 Å². The van der Waals surface area contributed by atoms with Gasteiger partial charge in [-0.1, -0.05) is 0 Å². The van der Waals surface area contributed by atoms with Crippen LogP contribution in [-0.2, 0) is 4.74 Å². The molecule has 2 aromatic carbocycles. The highest BCUT2D eigenvalue weighted by atomic mass is 16.5. The minimum absolute atomic E-state index is 0.0443. The van der Waals surface area contributed by atoms with E-state index in [1.807, 2.05) is 31.3 Å². The molecule has 0 spiro atoms. The predicted molar refractivity (Wildman–Crippen MR) is 92.9 cm³/mol. The van der Waals surface area contributed by atoms with Crippen LogP contribution in [0.15, 0.2) is 58.8 Å². The summed E-state index contributed by atoms with van der Waals surface area (Å²) in [5.41, 5.74) is 3.12. The van der Waals surface area contributed by atoms with Gasteiger partial charge in [0.25, 0.3) is 0 Å². The van der Waals surface area contributed by atoms with Crippen LogP contribution in [0.4, 0.5) is 17.1 Å². The van der Waals surface area contributed by atoms with Crippen molar-refractivity contribution in [2.24, 2.45) is 10.2 Å². The summed E-state index contributed by atoms with van der Waals surface area (Å²) in [6, 6.07) is 16.8. The number of rotatable bonds is 8. The molecule has 2 rings (SSSR count). The van der Waals surface area contributed by atoms with Gasteiger partial charge in [-0.05, 0) is 48.5 Å². The van der Waals surface area contributed by atoms with Crippen molar-refractivity contribution in [3.05, 3.63) is 54.1 Å². The van der Waals surface area contributed by atoms with Crippen molar-refractivity contribution in [1.29, 1.82) is 5.26 Å². The van der Waals surface area contributed by atoms with Crippen LogP contribution in [0.25, 0.3) is 0 Å². The highest BCUT2D eigenvalue weighted by molar-refractivity contribution is 5.52. The fourth-order valence-corrected chi connectivity index (χ4v) is 1.99. The Balaban J connectivity index is 1.91. The van der Waals surface area contributed by atoms with Gasteiger partial charge in [-0.15, -0.1) is 0 Å². The van der Waals surface area contributed by atoms with Crippen molar-refractivity contribution in [1.82, 2.24) is 0 Å². The standard InChI is InChI=1S/C18H20N4O2/c1-22(10-12-24-13-11-23)18-8-6-17(7-9-18)21-20-16-4-2-15(14-19)3-5-16/h2-9,23H,10-13H2,1H3. The molecule has 0 aliphatic heterocycles. The summed E-state index contributed by atoms with van der Waals surface area (Å²) in [6.45, 7) is 1.72. The molecule has 0 saturated carbocycles. The Morgan fingerprint density at radius 1 is 1.00 bits per heavy atom. The number of anilines is 1. The molecule has 0 unspecified atom stereocenters.